The highest BCUT2D eigenvalue weighted by atomic mass is 19.4. The molecule has 0 bridgehead atoms. The number of nitrogens with zero attached hydrogens (tertiary/aromatic N) is 3. The summed E-state index contributed by atoms with van der Waals surface area (Å²) in [5, 5.41) is 6.28. The van der Waals surface area contributed by atoms with Crippen LogP contribution in [0.25, 0.3) is 5.57 Å². The van der Waals surface area contributed by atoms with Crippen LogP contribution in [0.4, 0.5) is 23.2 Å². The van der Waals surface area contributed by atoms with Gasteiger partial charge in [0.1, 0.15) is 5.76 Å². The Kier molecular flexibility index (Phi) is 6.84. The summed E-state index contributed by atoms with van der Waals surface area (Å²) in [6, 6.07) is 2.44. The van der Waals surface area contributed by atoms with E-state index >= 15 is 0 Å². The van der Waals surface area contributed by atoms with Gasteiger partial charge in [-0.05, 0) is 25.0 Å². The van der Waals surface area contributed by atoms with Crippen LogP contribution in [0.15, 0.2) is 42.1 Å². The highest BCUT2D eigenvalue weighted by Crippen LogP contribution is 2.29. The van der Waals surface area contributed by atoms with Gasteiger partial charge in [-0.2, -0.15) is 5.10 Å². The van der Waals surface area contributed by atoms with Crippen LogP contribution in [0.1, 0.15) is 23.1 Å². The first kappa shape index (κ1) is 22.5. The zero-order valence-corrected chi connectivity index (χ0v) is 16.0. The molecule has 0 aliphatic carbocycles. The average Bonchev–Trinajstić information content (AvgIpc) is 3.04. The van der Waals surface area contributed by atoms with Gasteiger partial charge in [0.15, 0.2) is 17.3 Å². The number of methoxy groups -OCH3 is 1. The Balaban J connectivity index is 2.48. The molecule has 0 atom stereocenters. The van der Waals surface area contributed by atoms with E-state index in [1.54, 1.807) is 0 Å². The Hall–Kier alpha value is -3.81. The van der Waals surface area contributed by atoms with Crippen LogP contribution in [-0.2, 0) is 16.5 Å². The number of hydrogen-bond acceptors (Lipinski definition) is 5. The number of halogens is 4. The third-order valence-corrected chi connectivity index (χ3v) is 3.69. The molecule has 158 valence electrons. The van der Waals surface area contributed by atoms with Gasteiger partial charge in [0.25, 0.3) is 5.91 Å². The second kappa shape index (κ2) is 9.13. The summed E-state index contributed by atoms with van der Waals surface area (Å²) in [5.74, 6) is -0.0200. The molecule has 11 heteroatoms. The number of terminal acetylenes is 1. The lowest BCUT2D eigenvalue weighted by atomic mass is 10.1. The van der Waals surface area contributed by atoms with Crippen molar-refractivity contribution in [1.82, 2.24) is 14.8 Å². The van der Waals surface area contributed by atoms with Crippen molar-refractivity contribution < 1.29 is 31.8 Å². The zero-order chi connectivity index (χ0) is 22.5. The third kappa shape index (κ3) is 5.60. The SMILES string of the molecule is C#CC(=CC(=C(C)OC(F)(F)F)c1cc(C(=O)Nc2ccncc2F)nn1C)OC. The molecule has 0 unspecified atom stereocenters. The topological polar surface area (TPSA) is 78.3 Å². The fraction of sp³-hybridized carbons (Fsp3) is 0.211. The van der Waals surface area contributed by atoms with Gasteiger partial charge in [-0.15, -0.1) is 19.6 Å². The zero-order valence-electron chi connectivity index (χ0n) is 16.0. The molecule has 0 saturated heterocycles. The molecule has 2 aromatic heterocycles. The maximum Gasteiger partial charge on any atom is 0.572 e. The fourth-order valence-corrected chi connectivity index (χ4v) is 2.37. The average molecular weight is 424 g/mol. The number of carbonyl (C=O) groups excluding carboxylic acids is 1. The molecule has 0 aliphatic heterocycles. The van der Waals surface area contributed by atoms with Crippen LogP contribution in [0.5, 0.6) is 0 Å². The first-order chi connectivity index (χ1) is 14.1. The molecule has 0 fully saturated rings. The van der Waals surface area contributed by atoms with Gasteiger partial charge in [-0.25, -0.2) is 4.39 Å². The lowest BCUT2D eigenvalue weighted by Crippen LogP contribution is -2.14. The van der Waals surface area contributed by atoms with Gasteiger partial charge in [0, 0.05) is 24.9 Å². The normalized spacial score (nSPS) is 12.7. The van der Waals surface area contributed by atoms with Crippen molar-refractivity contribution in [3.8, 4) is 12.3 Å². The van der Waals surface area contributed by atoms with E-state index < -0.39 is 23.8 Å². The second-order valence-electron chi connectivity index (χ2n) is 5.72. The van der Waals surface area contributed by atoms with Crippen molar-refractivity contribution >= 4 is 17.2 Å². The molecular weight excluding hydrogens is 408 g/mol. The fourth-order valence-electron chi connectivity index (χ4n) is 2.37. The Labute approximate surface area is 169 Å². The molecule has 2 heterocycles. The molecular formula is C19H16F4N4O3. The molecule has 30 heavy (non-hydrogen) atoms. The number of amides is 1. The summed E-state index contributed by atoms with van der Waals surface area (Å²) in [5.41, 5.74) is -0.370. The highest BCUT2D eigenvalue weighted by molar-refractivity contribution is 6.03. The van der Waals surface area contributed by atoms with Crippen molar-refractivity contribution in [3.05, 3.63) is 59.3 Å². The van der Waals surface area contributed by atoms with E-state index in [4.69, 9.17) is 11.2 Å². The Morgan fingerprint density at radius 3 is 2.67 bits per heavy atom. The standard InChI is InChI=1S/C19H16F4N4O3/c1-5-12(29-4)8-13(11(2)30-19(21,22)23)17-9-16(26-27(17)3)18(28)25-15-6-7-24-10-14(15)20/h1,6-10H,2-4H3,(H,24,25,28). The molecule has 0 aliphatic rings. The third-order valence-electron chi connectivity index (χ3n) is 3.69. The monoisotopic (exact) mass is 424 g/mol. The summed E-state index contributed by atoms with van der Waals surface area (Å²) < 4.78 is 61.9. The molecule has 1 amide bonds. The number of ether oxygens (including phenoxy) is 2. The van der Waals surface area contributed by atoms with Gasteiger partial charge < -0.3 is 14.8 Å². The van der Waals surface area contributed by atoms with Gasteiger partial charge in [-0.1, -0.05) is 0 Å². The van der Waals surface area contributed by atoms with Crippen LogP contribution < -0.4 is 5.32 Å². The van der Waals surface area contributed by atoms with E-state index in [1.807, 2.05) is 0 Å². The van der Waals surface area contributed by atoms with Crippen LogP contribution in [0.3, 0.4) is 0 Å². The summed E-state index contributed by atoms with van der Waals surface area (Å²) in [6.07, 6.45) is 3.65. The van der Waals surface area contributed by atoms with Gasteiger partial charge in [-0.3, -0.25) is 14.5 Å². The maximum absolute atomic E-state index is 13.7. The van der Waals surface area contributed by atoms with E-state index in [0.29, 0.717) is 0 Å². The number of aromatic nitrogens is 3. The minimum absolute atomic E-state index is 0.0712. The van der Waals surface area contributed by atoms with E-state index in [9.17, 15) is 22.4 Å². The summed E-state index contributed by atoms with van der Waals surface area (Å²) in [6.45, 7) is 1.07. The molecule has 0 saturated carbocycles. The molecule has 2 rings (SSSR count). The maximum atomic E-state index is 13.7. The Morgan fingerprint density at radius 2 is 2.10 bits per heavy atom. The lowest BCUT2D eigenvalue weighted by molar-refractivity contribution is -0.304. The van der Waals surface area contributed by atoms with Crippen LogP contribution in [0, 0.1) is 18.2 Å². The minimum Gasteiger partial charge on any atom is -0.489 e. The van der Waals surface area contributed by atoms with E-state index in [2.05, 4.69) is 26.1 Å². The largest absolute Gasteiger partial charge is 0.572 e. The number of aryl methyl sites for hydroxylation is 1. The molecule has 0 aromatic carbocycles. The highest BCUT2D eigenvalue weighted by Gasteiger charge is 2.32. The number of alkyl halides is 3. The number of allylic oxidation sites excluding steroid dienone is 4. The molecule has 7 nitrogen and oxygen atoms in total. The predicted molar refractivity (Wildman–Crippen MR) is 99.0 cm³/mol. The number of rotatable bonds is 6. The number of hydrogen-bond donors (Lipinski definition) is 1. The van der Waals surface area contributed by atoms with Crippen molar-refractivity contribution in [3.63, 3.8) is 0 Å². The Bertz CT molecular complexity index is 1050. The molecule has 1 N–H and O–H groups in total. The smallest absolute Gasteiger partial charge is 0.489 e. The van der Waals surface area contributed by atoms with Crippen LogP contribution >= 0.6 is 0 Å². The van der Waals surface area contributed by atoms with Crippen molar-refractivity contribution in [1.29, 1.82) is 0 Å². The predicted octanol–water partition coefficient (Wildman–Crippen LogP) is 3.64. The van der Waals surface area contributed by atoms with Gasteiger partial charge in [0.2, 0.25) is 0 Å². The van der Waals surface area contributed by atoms with Crippen LogP contribution in [-0.4, -0.2) is 34.1 Å². The first-order valence-electron chi connectivity index (χ1n) is 8.20. The Morgan fingerprint density at radius 1 is 1.40 bits per heavy atom. The quantitative estimate of drug-likeness (QED) is 0.332. The van der Waals surface area contributed by atoms with Crippen molar-refractivity contribution in [2.45, 2.75) is 13.3 Å². The van der Waals surface area contributed by atoms with E-state index in [-0.39, 0.29) is 28.4 Å². The number of anilines is 1. The number of nitrogens with one attached hydrogen (secondary N) is 1. The summed E-state index contributed by atoms with van der Waals surface area (Å²) in [7, 11) is 2.64. The number of pyridine rings is 1. The van der Waals surface area contributed by atoms with Gasteiger partial charge in [0.05, 0.1) is 24.7 Å². The summed E-state index contributed by atoms with van der Waals surface area (Å²) >= 11 is 0. The second-order valence-corrected chi connectivity index (χ2v) is 5.72. The number of carbonyl (C=O) groups is 1. The summed E-state index contributed by atoms with van der Waals surface area (Å²) in [4.78, 5) is 16.0. The van der Waals surface area contributed by atoms with Crippen molar-refractivity contribution in [2.24, 2.45) is 7.05 Å². The lowest BCUT2D eigenvalue weighted by Gasteiger charge is -2.13. The van der Waals surface area contributed by atoms with Crippen molar-refractivity contribution in [2.75, 3.05) is 12.4 Å². The van der Waals surface area contributed by atoms with E-state index in [1.165, 1.54) is 32.5 Å². The first-order valence-corrected chi connectivity index (χ1v) is 8.20. The molecule has 0 radical (unpaired) electrons. The van der Waals surface area contributed by atoms with Gasteiger partial charge >= 0.3 is 6.36 Å². The molecule has 0 spiro atoms. The van der Waals surface area contributed by atoms with E-state index in [0.717, 1.165) is 23.9 Å². The molecule has 2 aromatic rings. The van der Waals surface area contributed by atoms with Crippen LogP contribution in [0.2, 0.25) is 0 Å². The minimum atomic E-state index is -4.95.